The zero-order chi connectivity index (χ0) is 14.0. The minimum absolute atomic E-state index is 0.368. The molecule has 1 atom stereocenters. The van der Waals surface area contributed by atoms with Gasteiger partial charge in [0, 0.05) is 10.5 Å². The van der Waals surface area contributed by atoms with Crippen LogP contribution in [0.2, 0.25) is 5.02 Å². The third-order valence-corrected chi connectivity index (χ3v) is 3.28. The van der Waals surface area contributed by atoms with E-state index < -0.39 is 11.9 Å². The third kappa shape index (κ3) is 3.69. The van der Waals surface area contributed by atoms with Gasteiger partial charge >= 0.3 is 0 Å². The molecule has 19 heavy (non-hydrogen) atoms. The molecule has 0 bridgehead atoms. The highest BCUT2D eigenvalue weighted by Crippen LogP contribution is 2.31. The number of rotatable bonds is 3. The van der Waals surface area contributed by atoms with Gasteiger partial charge in [0.25, 0.3) is 0 Å². The summed E-state index contributed by atoms with van der Waals surface area (Å²) in [4.78, 5) is 0. The van der Waals surface area contributed by atoms with E-state index in [0.717, 1.165) is 0 Å². The Kier molecular flexibility index (Phi) is 4.45. The minimum atomic E-state index is -0.648. The van der Waals surface area contributed by atoms with Crippen molar-refractivity contribution in [2.45, 2.75) is 13.0 Å². The Labute approximate surface area is 123 Å². The van der Waals surface area contributed by atoms with Gasteiger partial charge in [-0.3, -0.25) is 0 Å². The van der Waals surface area contributed by atoms with Crippen LogP contribution in [-0.2, 0) is 0 Å². The lowest BCUT2D eigenvalue weighted by Crippen LogP contribution is -1.93. The molecule has 2 aromatic rings. The molecule has 1 N–H and O–H groups in total. The quantitative estimate of drug-likeness (QED) is 0.840. The fraction of sp³-hybridized carbons (Fsp3) is 0.143. The Hall–Kier alpha value is -1.10. The fourth-order valence-electron chi connectivity index (χ4n) is 1.63. The molecule has 2 rings (SSSR count). The van der Waals surface area contributed by atoms with Crippen molar-refractivity contribution in [2.75, 3.05) is 0 Å². The SMILES string of the molecule is CC(O)c1ccc(Oc2cc(F)cc(Br)c2)cc1Cl. The molecule has 0 amide bonds. The zero-order valence-corrected chi connectivity index (χ0v) is 12.4. The first kappa shape index (κ1) is 14.3. The summed E-state index contributed by atoms with van der Waals surface area (Å²) in [5, 5.41) is 9.88. The maximum atomic E-state index is 13.2. The van der Waals surface area contributed by atoms with Gasteiger partial charge in [-0.2, -0.15) is 0 Å². The highest BCUT2D eigenvalue weighted by molar-refractivity contribution is 9.10. The topological polar surface area (TPSA) is 29.5 Å². The lowest BCUT2D eigenvalue weighted by molar-refractivity contribution is 0.199. The molecule has 0 aliphatic carbocycles. The molecule has 0 aliphatic heterocycles. The molecule has 0 fully saturated rings. The second-order valence-electron chi connectivity index (χ2n) is 4.07. The third-order valence-electron chi connectivity index (χ3n) is 2.49. The normalized spacial score (nSPS) is 12.3. The van der Waals surface area contributed by atoms with Crippen molar-refractivity contribution in [1.82, 2.24) is 0 Å². The summed E-state index contributed by atoms with van der Waals surface area (Å²) in [6.07, 6.45) is -0.648. The number of benzene rings is 2. The molecular weight excluding hydrogens is 335 g/mol. The Bertz CT molecular complexity index is 582. The van der Waals surface area contributed by atoms with Gasteiger partial charge in [-0.15, -0.1) is 0 Å². The van der Waals surface area contributed by atoms with Crippen LogP contribution in [0, 0.1) is 5.82 Å². The lowest BCUT2D eigenvalue weighted by atomic mass is 10.1. The van der Waals surface area contributed by atoms with Crippen LogP contribution in [0.4, 0.5) is 4.39 Å². The summed E-state index contributed by atoms with van der Waals surface area (Å²) in [7, 11) is 0. The van der Waals surface area contributed by atoms with E-state index in [0.29, 0.717) is 26.6 Å². The summed E-state index contributed by atoms with van der Waals surface area (Å²) in [6, 6.07) is 9.21. The van der Waals surface area contributed by atoms with Crippen LogP contribution < -0.4 is 4.74 Å². The fourth-order valence-corrected chi connectivity index (χ4v) is 2.41. The van der Waals surface area contributed by atoms with E-state index in [1.165, 1.54) is 12.1 Å². The predicted octanol–water partition coefficient (Wildman–Crippen LogP) is 5.09. The van der Waals surface area contributed by atoms with Crippen LogP contribution in [0.15, 0.2) is 40.9 Å². The molecule has 0 aliphatic rings. The van der Waals surface area contributed by atoms with Crippen molar-refractivity contribution in [2.24, 2.45) is 0 Å². The lowest BCUT2D eigenvalue weighted by Gasteiger charge is -2.10. The average molecular weight is 346 g/mol. The first-order chi connectivity index (χ1) is 8.95. The summed E-state index contributed by atoms with van der Waals surface area (Å²) in [6.45, 7) is 1.63. The molecule has 0 radical (unpaired) electrons. The standard InChI is InChI=1S/C14H11BrClFO2/c1-8(18)13-3-2-11(7-14(13)16)19-12-5-9(15)4-10(17)6-12/h2-8,18H,1H3. The van der Waals surface area contributed by atoms with Crippen molar-refractivity contribution in [3.63, 3.8) is 0 Å². The van der Waals surface area contributed by atoms with Gasteiger partial charge in [-0.1, -0.05) is 33.6 Å². The second kappa shape index (κ2) is 5.90. The summed E-state index contributed by atoms with van der Waals surface area (Å²) >= 11 is 9.22. The molecule has 0 spiro atoms. The second-order valence-corrected chi connectivity index (χ2v) is 5.39. The molecule has 1 unspecified atom stereocenters. The highest BCUT2D eigenvalue weighted by Gasteiger charge is 2.08. The number of ether oxygens (including phenoxy) is 1. The molecule has 2 aromatic carbocycles. The van der Waals surface area contributed by atoms with Gasteiger partial charge in [-0.05, 0) is 36.8 Å². The zero-order valence-electron chi connectivity index (χ0n) is 10.0. The Morgan fingerprint density at radius 2 is 1.95 bits per heavy atom. The molecule has 2 nitrogen and oxygen atoms in total. The van der Waals surface area contributed by atoms with Crippen molar-refractivity contribution >= 4 is 27.5 Å². The Morgan fingerprint density at radius 1 is 1.21 bits per heavy atom. The van der Waals surface area contributed by atoms with Gasteiger partial charge in [0.05, 0.1) is 11.1 Å². The summed E-state index contributed by atoms with van der Waals surface area (Å²) in [5.74, 6) is 0.454. The molecule has 0 saturated carbocycles. The van der Waals surface area contributed by atoms with Gasteiger partial charge in [0.1, 0.15) is 17.3 Å². The highest BCUT2D eigenvalue weighted by atomic mass is 79.9. The van der Waals surface area contributed by atoms with Gasteiger partial charge in [0.15, 0.2) is 0 Å². The summed E-state index contributed by atoms with van der Waals surface area (Å²) in [5.41, 5.74) is 0.620. The van der Waals surface area contributed by atoms with Gasteiger partial charge in [-0.25, -0.2) is 4.39 Å². The monoisotopic (exact) mass is 344 g/mol. The van der Waals surface area contributed by atoms with E-state index in [9.17, 15) is 9.50 Å². The van der Waals surface area contributed by atoms with Crippen LogP contribution in [0.3, 0.4) is 0 Å². The van der Waals surface area contributed by atoms with E-state index in [-0.39, 0.29) is 0 Å². The molecule has 0 aromatic heterocycles. The minimum Gasteiger partial charge on any atom is -0.457 e. The summed E-state index contributed by atoms with van der Waals surface area (Å²) < 4.78 is 19.3. The predicted molar refractivity (Wildman–Crippen MR) is 76.3 cm³/mol. The number of halogens is 3. The van der Waals surface area contributed by atoms with E-state index in [1.54, 1.807) is 31.2 Å². The van der Waals surface area contributed by atoms with E-state index in [4.69, 9.17) is 16.3 Å². The van der Waals surface area contributed by atoms with Crippen LogP contribution in [0.1, 0.15) is 18.6 Å². The van der Waals surface area contributed by atoms with Crippen LogP contribution >= 0.6 is 27.5 Å². The molecule has 5 heteroatoms. The number of hydrogen-bond donors (Lipinski definition) is 1. The van der Waals surface area contributed by atoms with Crippen molar-refractivity contribution in [3.8, 4) is 11.5 Å². The Balaban J connectivity index is 2.26. The molecular formula is C14H11BrClFO2. The van der Waals surface area contributed by atoms with Crippen molar-refractivity contribution < 1.29 is 14.2 Å². The maximum Gasteiger partial charge on any atom is 0.131 e. The molecule has 100 valence electrons. The smallest absolute Gasteiger partial charge is 0.131 e. The van der Waals surface area contributed by atoms with E-state index in [1.807, 2.05) is 0 Å². The number of aliphatic hydroxyl groups excluding tert-OH is 1. The Morgan fingerprint density at radius 3 is 2.53 bits per heavy atom. The average Bonchev–Trinajstić information content (AvgIpc) is 2.26. The van der Waals surface area contributed by atoms with Crippen LogP contribution in [0.25, 0.3) is 0 Å². The largest absolute Gasteiger partial charge is 0.457 e. The van der Waals surface area contributed by atoms with Crippen LogP contribution in [0.5, 0.6) is 11.5 Å². The number of hydrogen-bond acceptors (Lipinski definition) is 2. The maximum absolute atomic E-state index is 13.2. The van der Waals surface area contributed by atoms with Crippen molar-refractivity contribution in [1.29, 1.82) is 0 Å². The number of aliphatic hydroxyl groups is 1. The van der Waals surface area contributed by atoms with Crippen LogP contribution in [-0.4, -0.2) is 5.11 Å². The molecule has 0 heterocycles. The van der Waals surface area contributed by atoms with Gasteiger partial charge < -0.3 is 9.84 Å². The van der Waals surface area contributed by atoms with Gasteiger partial charge in [0.2, 0.25) is 0 Å². The van der Waals surface area contributed by atoms with E-state index >= 15 is 0 Å². The van der Waals surface area contributed by atoms with Crippen molar-refractivity contribution in [3.05, 3.63) is 57.3 Å². The molecule has 0 saturated heterocycles. The first-order valence-electron chi connectivity index (χ1n) is 5.57. The first-order valence-corrected chi connectivity index (χ1v) is 6.74. The van der Waals surface area contributed by atoms with E-state index in [2.05, 4.69) is 15.9 Å².